The molecular formula is C16H16F2N2O3. The fourth-order valence-corrected chi connectivity index (χ4v) is 2.04. The molecule has 0 saturated heterocycles. The van der Waals surface area contributed by atoms with Crippen molar-refractivity contribution < 1.29 is 18.3 Å². The SMILES string of the molecule is CCOC(=O)c1cn(C)c(=O)c(F)c1Nc1ccc(C)cc1F. The number of anilines is 2. The van der Waals surface area contributed by atoms with Crippen LogP contribution in [0, 0.1) is 18.6 Å². The largest absolute Gasteiger partial charge is 0.462 e. The molecule has 2 rings (SSSR count). The molecule has 0 spiro atoms. The maximum atomic E-state index is 14.3. The molecule has 0 bridgehead atoms. The Balaban J connectivity index is 2.57. The molecule has 1 N–H and O–H groups in total. The molecule has 0 atom stereocenters. The van der Waals surface area contributed by atoms with E-state index < -0.39 is 28.9 Å². The summed E-state index contributed by atoms with van der Waals surface area (Å²) < 4.78 is 34.0. The van der Waals surface area contributed by atoms with Gasteiger partial charge in [-0.25, -0.2) is 9.18 Å². The van der Waals surface area contributed by atoms with Crippen molar-refractivity contribution in [2.24, 2.45) is 7.05 Å². The van der Waals surface area contributed by atoms with Gasteiger partial charge in [0.25, 0.3) is 5.56 Å². The van der Waals surface area contributed by atoms with Gasteiger partial charge >= 0.3 is 5.97 Å². The Labute approximate surface area is 131 Å². The summed E-state index contributed by atoms with van der Waals surface area (Å²) in [6.07, 6.45) is 1.15. The van der Waals surface area contributed by atoms with E-state index in [4.69, 9.17) is 4.74 Å². The number of aryl methyl sites for hydroxylation is 2. The molecule has 0 radical (unpaired) electrons. The molecule has 1 heterocycles. The topological polar surface area (TPSA) is 60.3 Å². The first-order valence-corrected chi connectivity index (χ1v) is 6.94. The lowest BCUT2D eigenvalue weighted by atomic mass is 10.1. The molecule has 0 aliphatic rings. The number of carbonyl (C=O) groups is 1. The van der Waals surface area contributed by atoms with Gasteiger partial charge in [-0.3, -0.25) is 4.79 Å². The van der Waals surface area contributed by atoms with Crippen molar-refractivity contribution in [1.82, 2.24) is 4.57 Å². The monoisotopic (exact) mass is 322 g/mol. The molecule has 0 fully saturated rings. The second-order valence-corrected chi connectivity index (χ2v) is 4.98. The Morgan fingerprint density at radius 2 is 2.04 bits per heavy atom. The van der Waals surface area contributed by atoms with Crippen molar-refractivity contribution in [2.75, 3.05) is 11.9 Å². The summed E-state index contributed by atoms with van der Waals surface area (Å²) in [6.45, 7) is 3.39. The van der Waals surface area contributed by atoms with Gasteiger partial charge in [0.1, 0.15) is 11.4 Å². The van der Waals surface area contributed by atoms with Crippen LogP contribution in [-0.4, -0.2) is 17.1 Å². The van der Waals surface area contributed by atoms with E-state index in [2.05, 4.69) is 5.32 Å². The lowest BCUT2D eigenvalue weighted by Crippen LogP contribution is -2.24. The third kappa shape index (κ3) is 3.39. The van der Waals surface area contributed by atoms with Gasteiger partial charge in [0.05, 0.1) is 18.0 Å². The number of aromatic nitrogens is 1. The smallest absolute Gasteiger partial charge is 0.341 e. The lowest BCUT2D eigenvalue weighted by molar-refractivity contribution is 0.0526. The van der Waals surface area contributed by atoms with E-state index in [1.807, 2.05) is 0 Å². The fraction of sp³-hybridized carbons (Fsp3) is 0.250. The predicted molar refractivity (Wildman–Crippen MR) is 82.0 cm³/mol. The summed E-state index contributed by atoms with van der Waals surface area (Å²) in [4.78, 5) is 23.7. The normalized spacial score (nSPS) is 10.5. The van der Waals surface area contributed by atoms with Crippen molar-refractivity contribution in [3.05, 3.63) is 57.5 Å². The third-order valence-electron chi connectivity index (χ3n) is 3.20. The molecule has 0 aliphatic heterocycles. The molecule has 7 heteroatoms. The van der Waals surface area contributed by atoms with Crippen molar-refractivity contribution in [3.8, 4) is 0 Å². The fourth-order valence-electron chi connectivity index (χ4n) is 2.04. The summed E-state index contributed by atoms with van der Waals surface area (Å²) in [5.41, 5.74) is -0.898. The molecule has 5 nitrogen and oxygen atoms in total. The van der Waals surface area contributed by atoms with Crippen LogP contribution in [0.2, 0.25) is 0 Å². The number of hydrogen-bond acceptors (Lipinski definition) is 4. The number of nitrogens with zero attached hydrogens (tertiary/aromatic N) is 1. The second-order valence-electron chi connectivity index (χ2n) is 4.98. The van der Waals surface area contributed by atoms with Crippen molar-refractivity contribution in [2.45, 2.75) is 13.8 Å². The van der Waals surface area contributed by atoms with Crippen LogP contribution in [0.15, 0.2) is 29.2 Å². The standard InChI is InChI=1S/C16H16F2N2O3/c1-4-23-16(22)10-8-20(3)15(21)13(18)14(10)19-12-6-5-9(2)7-11(12)17/h5-8,19H,4H2,1-3H3. The average Bonchev–Trinajstić information content (AvgIpc) is 2.50. The highest BCUT2D eigenvalue weighted by Crippen LogP contribution is 2.25. The maximum Gasteiger partial charge on any atom is 0.341 e. The average molecular weight is 322 g/mol. The van der Waals surface area contributed by atoms with Gasteiger partial charge in [-0.1, -0.05) is 6.07 Å². The number of ether oxygens (including phenoxy) is 1. The number of hydrogen-bond donors (Lipinski definition) is 1. The van der Waals surface area contributed by atoms with Crippen LogP contribution in [0.1, 0.15) is 22.8 Å². The maximum absolute atomic E-state index is 14.3. The number of halogens is 2. The summed E-state index contributed by atoms with van der Waals surface area (Å²) >= 11 is 0. The molecule has 23 heavy (non-hydrogen) atoms. The van der Waals surface area contributed by atoms with Crippen LogP contribution in [0.4, 0.5) is 20.2 Å². The van der Waals surface area contributed by atoms with E-state index >= 15 is 0 Å². The van der Waals surface area contributed by atoms with Gasteiger partial charge in [0, 0.05) is 13.2 Å². The highest BCUT2D eigenvalue weighted by atomic mass is 19.1. The van der Waals surface area contributed by atoms with Crippen LogP contribution >= 0.6 is 0 Å². The Bertz CT molecular complexity index is 816. The summed E-state index contributed by atoms with van der Waals surface area (Å²) in [6, 6.07) is 4.27. The minimum atomic E-state index is -1.18. The van der Waals surface area contributed by atoms with Crippen LogP contribution in [0.25, 0.3) is 0 Å². The zero-order valence-corrected chi connectivity index (χ0v) is 12.9. The highest BCUT2D eigenvalue weighted by Gasteiger charge is 2.21. The van der Waals surface area contributed by atoms with E-state index in [1.165, 1.54) is 19.2 Å². The van der Waals surface area contributed by atoms with Crippen LogP contribution < -0.4 is 10.9 Å². The van der Waals surface area contributed by atoms with Crippen molar-refractivity contribution in [1.29, 1.82) is 0 Å². The van der Waals surface area contributed by atoms with Crippen LogP contribution in [0.3, 0.4) is 0 Å². The molecule has 0 saturated carbocycles. The predicted octanol–water partition coefficient (Wildman–Crippen LogP) is 2.89. The number of benzene rings is 1. The second kappa shape index (κ2) is 6.60. The molecule has 0 amide bonds. The molecule has 2 aromatic rings. The summed E-state index contributed by atoms with van der Waals surface area (Å²) in [5.74, 6) is -2.62. The molecular weight excluding hydrogens is 306 g/mol. The Morgan fingerprint density at radius 3 is 2.65 bits per heavy atom. The van der Waals surface area contributed by atoms with Gasteiger partial charge in [0.15, 0.2) is 0 Å². The van der Waals surface area contributed by atoms with Crippen LogP contribution in [-0.2, 0) is 11.8 Å². The number of carbonyl (C=O) groups excluding carboxylic acids is 1. The number of esters is 1. The third-order valence-corrected chi connectivity index (χ3v) is 3.20. The van der Waals surface area contributed by atoms with E-state index in [0.717, 1.165) is 10.8 Å². The van der Waals surface area contributed by atoms with E-state index in [1.54, 1.807) is 19.9 Å². The number of rotatable bonds is 4. The number of pyridine rings is 1. The van der Waals surface area contributed by atoms with Gasteiger partial charge in [-0.15, -0.1) is 0 Å². The first kappa shape index (κ1) is 16.7. The van der Waals surface area contributed by atoms with E-state index in [9.17, 15) is 18.4 Å². The molecule has 1 aromatic carbocycles. The van der Waals surface area contributed by atoms with Gasteiger partial charge < -0.3 is 14.6 Å². The molecule has 0 aliphatic carbocycles. The van der Waals surface area contributed by atoms with Gasteiger partial charge in [-0.2, -0.15) is 4.39 Å². The number of nitrogens with one attached hydrogen (secondary N) is 1. The zero-order valence-electron chi connectivity index (χ0n) is 12.9. The Kier molecular flexibility index (Phi) is 4.78. The van der Waals surface area contributed by atoms with Gasteiger partial charge in [-0.05, 0) is 31.5 Å². The molecule has 122 valence electrons. The van der Waals surface area contributed by atoms with Crippen LogP contribution in [0.5, 0.6) is 0 Å². The van der Waals surface area contributed by atoms with E-state index in [0.29, 0.717) is 5.56 Å². The van der Waals surface area contributed by atoms with Crippen molar-refractivity contribution in [3.63, 3.8) is 0 Å². The Morgan fingerprint density at radius 1 is 1.35 bits per heavy atom. The summed E-state index contributed by atoms with van der Waals surface area (Å²) in [7, 11) is 1.31. The van der Waals surface area contributed by atoms with Crippen molar-refractivity contribution >= 4 is 17.3 Å². The summed E-state index contributed by atoms with van der Waals surface area (Å²) in [5, 5.41) is 2.48. The Hall–Kier alpha value is -2.70. The minimum Gasteiger partial charge on any atom is -0.462 e. The molecule has 1 aromatic heterocycles. The lowest BCUT2D eigenvalue weighted by Gasteiger charge is -2.14. The zero-order chi connectivity index (χ0) is 17.1. The quantitative estimate of drug-likeness (QED) is 0.879. The highest BCUT2D eigenvalue weighted by molar-refractivity contribution is 5.96. The minimum absolute atomic E-state index is 0.0479. The first-order chi connectivity index (χ1) is 10.8. The van der Waals surface area contributed by atoms with E-state index in [-0.39, 0.29) is 17.9 Å². The first-order valence-electron chi connectivity index (χ1n) is 6.94. The van der Waals surface area contributed by atoms with Gasteiger partial charge in [0.2, 0.25) is 5.82 Å². The molecule has 0 unspecified atom stereocenters.